The molecule has 0 bridgehead atoms. The molecule has 1 aliphatic heterocycles. The Morgan fingerprint density at radius 1 is 1.21 bits per heavy atom. The Morgan fingerprint density at radius 3 is 2.53 bits per heavy atom. The average Bonchev–Trinajstić information content (AvgIpc) is 2.46. The zero-order valence-electron chi connectivity index (χ0n) is 12.4. The van der Waals surface area contributed by atoms with Crippen molar-refractivity contribution in [1.82, 2.24) is 10.2 Å². The van der Waals surface area contributed by atoms with E-state index in [1.165, 1.54) is 50.9 Å². The second-order valence-corrected chi connectivity index (χ2v) is 5.95. The van der Waals surface area contributed by atoms with Crippen LogP contribution in [0.25, 0.3) is 0 Å². The van der Waals surface area contributed by atoms with E-state index in [0.29, 0.717) is 0 Å². The fourth-order valence-electron chi connectivity index (χ4n) is 2.85. The summed E-state index contributed by atoms with van der Waals surface area (Å²) in [6, 6.07) is 11.6. The summed E-state index contributed by atoms with van der Waals surface area (Å²) < 4.78 is 0. The van der Waals surface area contributed by atoms with Gasteiger partial charge in [0.1, 0.15) is 0 Å². The number of nitrogens with zero attached hydrogens (tertiary/aromatic N) is 1. The lowest BCUT2D eigenvalue weighted by Crippen LogP contribution is -2.42. The summed E-state index contributed by atoms with van der Waals surface area (Å²) >= 11 is 0. The first-order chi connectivity index (χ1) is 9.28. The molecule has 1 aromatic carbocycles. The minimum absolute atomic E-state index is 0.737. The third kappa shape index (κ3) is 4.96. The maximum absolute atomic E-state index is 3.79. The molecule has 0 unspecified atom stereocenters. The van der Waals surface area contributed by atoms with Crippen LogP contribution in [0.4, 0.5) is 0 Å². The molecule has 1 aliphatic rings. The monoisotopic (exact) mass is 260 g/mol. The van der Waals surface area contributed by atoms with Crippen molar-refractivity contribution in [3.63, 3.8) is 0 Å². The van der Waals surface area contributed by atoms with Crippen LogP contribution in [0.15, 0.2) is 30.3 Å². The molecule has 1 atom stereocenters. The van der Waals surface area contributed by atoms with Gasteiger partial charge in [-0.3, -0.25) is 0 Å². The number of likely N-dealkylation sites (tertiary alicyclic amines) is 1. The lowest BCUT2D eigenvalue weighted by atomic mass is 9.96. The first-order valence-corrected chi connectivity index (χ1v) is 7.73. The average molecular weight is 260 g/mol. The molecule has 1 N–H and O–H groups in total. The highest BCUT2D eigenvalue weighted by Crippen LogP contribution is 2.13. The summed E-state index contributed by atoms with van der Waals surface area (Å²) in [5.74, 6) is 0.766. The Kier molecular flexibility index (Phi) is 5.87. The van der Waals surface area contributed by atoms with Crippen molar-refractivity contribution in [2.24, 2.45) is 5.92 Å². The Hall–Kier alpha value is -0.860. The fourth-order valence-corrected chi connectivity index (χ4v) is 2.85. The molecular weight excluding hydrogens is 232 g/mol. The lowest BCUT2D eigenvalue weighted by molar-refractivity contribution is 0.229. The van der Waals surface area contributed by atoms with Crippen molar-refractivity contribution < 1.29 is 0 Å². The van der Waals surface area contributed by atoms with E-state index in [0.717, 1.165) is 12.0 Å². The largest absolute Gasteiger partial charge is 0.314 e. The van der Waals surface area contributed by atoms with Gasteiger partial charge < -0.3 is 10.2 Å². The van der Waals surface area contributed by atoms with Gasteiger partial charge in [-0.1, -0.05) is 43.7 Å². The second kappa shape index (κ2) is 7.66. The van der Waals surface area contributed by atoms with Crippen molar-refractivity contribution in [3.8, 4) is 0 Å². The van der Waals surface area contributed by atoms with E-state index in [1.807, 2.05) is 0 Å². The zero-order chi connectivity index (χ0) is 13.5. The zero-order valence-corrected chi connectivity index (χ0v) is 12.4. The molecule has 2 rings (SSSR count). The standard InChI is InChI=1S/C17H28N2/c1-3-15(13-16-7-5-4-6-8-16)14-18-17-9-11-19(2)12-10-17/h4-8,15,17-18H,3,9-14H2,1-2H3/t15-/m0/s1. The van der Waals surface area contributed by atoms with E-state index in [2.05, 4.69) is 54.5 Å². The maximum Gasteiger partial charge on any atom is 0.00915 e. The topological polar surface area (TPSA) is 15.3 Å². The van der Waals surface area contributed by atoms with Crippen molar-refractivity contribution in [2.75, 3.05) is 26.7 Å². The predicted molar refractivity (Wildman–Crippen MR) is 82.4 cm³/mol. The summed E-state index contributed by atoms with van der Waals surface area (Å²) in [5, 5.41) is 3.79. The Balaban J connectivity index is 1.73. The van der Waals surface area contributed by atoms with Crippen LogP contribution in [0.1, 0.15) is 31.7 Å². The molecule has 0 spiro atoms. The van der Waals surface area contributed by atoms with Crippen LogP contribution in [-0.2, 0) is 6.42 Å². The number of hydrogen-bond acceptors (Lipinski definition) is 2. The molecule has 19 heavy (non-hydrogen) atoms. The van der Waals surface area contributed by atoms with Crippen LogP contribution in [0, 0.1) is 5.92 Å². The lowest BCUT2D eigenvalue weighted by Gasteiger charge is -2.30. The molecule has 1 aromatic rings. The van der Waals surface area contributed by atoms with Gasteiger partial charge in [0.05, 0.1) is 0 Å². The smallest absolute Gasteiger partial charge is 0.00915 e. The molecule has 0 aliphatic carbocycles. The maximum atomic E-state index is 3.79. The van der Waals surface area contributed by atoms with E-state index >= 15 is 0 Å². The highest BCUT2D eigenvalue weighted by atomic mass is 15.1. The molecule has 0 aromatic heterocycles. The first-order valence-electron chi connectivity index (χ1n) is 7.73. The van der Waals surface area contributed by atoms with Gasteiger partial charge in [-0.05, 0) is 57.4 Å². The van der Waals surface area contributed by atoms with Crippen LogP contribution in [0.3, 0.4) is 0 Å². The summed E-state index contributed by atoms with van der Waals surface area (Å²) in [6.07, 6.45) is 5.07. The van der Waals surface area contributed by atoms with Crippen molar-refractivity contribution in [1.29, 1.82) is 0 Å². The summed E-state index contributed by atoms with van der Waals surface area (Å²) in [7, 11) is 2.22. The van der Waals surface area contributed by atoms with Gasteiger partial charge in [0.2, 0.25) is 0 Å². The van der Waals surface area contributed by atoms with Crippen LogP contribution in [-0.4, -0.2) is 37.6 Å². The van der Waals surface area contributed by atoms with Crippen LogP contribution >= 0.6 is 0 Å². The highest BCUT2D eigenvalue weighted by molar-refractivity contribution is 5.15. The number of rotatable bonds is 6. The number of hydrogen-bond donors (Lipinski definition) is 1. The van der Waals surface area contributed by atoms with Gasteiger partial charge in [0, 0.05) is 6.04 Å². The van der Waals surface area contributed by atoms with Crippen LogP contribution in [0.2, 0.25) is 0 Å². The fraction of sp³-hybridized carbons (Fsp3) is 0.647. The number of benzene rings is 1. The van der Waals surface area contributed by atoms with E-state index in [1.54, 1.807) is 0 Å². The van der Waals surface area contributed by atoms with Crippen LogP contribution in [0.5, 0.6) is 0 Å². The van der Waals surface area contributed by atoms with Gasteiger partial charge in [0.25, 0.3) is 0 Å². The summed E-state index contributed by atoms with van der Waals surface area (Å²) in [4.78, 5) is 2.43. The van der Waals surface area contributed by atoms with Gasteiger partial charge in [0.15, 0.2) is 0 Å². The quantitative estimate of drug-likeness (QED) is 0.846. The molecule has 0 radical (unpaired) electrons. The van der Waals surface area contributed by atoms with Gasteiger partial charge >= 0.3 is 0 Å². The summed E-state index contributed by atoms with van der Waals surface area (Å²) in [6.45, 7) is 5.96. The Morgan fingerprint density at radius 2 is 1.89 bits per heavy atom. The summed E-state index contributed by atoms with van der Waals surface area (Å²) in [5.41, 5.74) is 1.47. The molecule has 0 amide bonds. The van der Waals surface area contributed by atoms with Crippen LogP contribution < -0.4 is 5.32 Å². The highest BCUT2D eigenvalue weighted by Gasteiger charge is 2.17. The van der Waals surface area contributed by atoms with E-state index < -0.39 is 0 Å². The molecule has 106 valence electrons. The molecule has 2 nitrogen and oxygen atoms in total. The first kappa shape index (κ1) is 14.5. The minimum Gasteiger partial charge on any atom is -0.314 e. The Bertz CT molecular complexity index is 342. The normalized spacial score (nSPS) is 19.5. The predicted octanol–water partition coefficient (Wildman–Crippen LogP) is 2.94. The molecule has 1 heterocycles. The van der Waals surface area contributed by atoms with Crippen molar-refractivity contribution >= 4 is 0 Å². The van der Waals surface area contributed by atoms with Gasteiger partial charge in [-0.15, -0.1) is 0 Å². The number of piperidine rings is 1. The second-order valence-electron chi connectivity index (χ2n) is 5.95. The SMILES string of the molecule is CC[C@H](CNC1CCN(C)CC1)Cc1ccccc1. The molecular formula is C17H28N2. The molecule has 1 fully saturated rings. The molecule has 1 saturated heterocycles. The molecule has 2 heteroatoms. The van der Waals surface area contributed by atoms with E-state index in [-0.39, 0.29) is 0 Å². The van der Waals surface area contributed by atoms with E-state index in [4.69, 9.17) is 0 Å². The van der Waals surface area contributed by atoms with Gasteiger partial charge in [-0.25, -0.2) is 0 Å². The Labute approximate surface area is 118 Å². The number of nitrogens with one attached hydrogen (secondary N) is 1. The van der Waals surface area contributed by atoms with Crippen molar-refractivity contribution in [3.05, 3.63) is 35.9 Å². The third-order valence-electron chi connectivity index (χ3n) is 4.36. The van der Waals surface area contributed by atoms with Crippen molar-refractivity contribution in [2.45, 2.75) is 38.6 Å². The van der Waals surface area contributed by atoms with Gasteiger partial charge in [-0.2, -0.15) is 0 Å². The van der Waals surface area contributed by atoms with E-state index in [9.17, 15) is 0 Å². The minimum atomic E-state index is 0.737. The molecule has 0 saturated carbocycles. The third-order valence-corrected chi connectivity index (χ3v) is 4.36.